The predicted molar refractivity (Wildman–Crippen MR) is 211 cm³/mol. The molecule has 3 heterocycles. The van der Waals surface area contributed by atoms with Gasteiger partial charge in [0.05, 0.1) is 29.0 Å². The summed E-state index contributed by atoms with van der Waals surface area (Å²) in [7, 11) is -7.03. The summed E-state index contributed by atoms with van der Waals surface area (Å²) in [5, 5.41) is 3.29. The molecule has 53 heavy (non-hydrogen) atoms. The third-order valence-electron chi connectivity index (χ3n) is 12.8. The summed E-state index contributed by atoms with van der Waals surface area (Å²) in [6.07, 6.45) is 10.8. The summed E-state index contributed by atoms with van der Waals surface area (Å²) in [6.45, 7) is 9.19. The van der Waals surface area contributed by atoms with Gasteiger partial charge in [-0.1, -0.05) is 36.7 Å². The minimum atomic E-state index is -3.96. The summed E-state index contributed by atoms with van der Waals surface area (Å²) in [6, 6.07) is 11.6. The maximum absolute atomic E-state index is 13.6. The predicted octanol–water partition coefficient (Wildman–Crippen LogP) is 5.21. The van der Waals surface area contributed by atoms with Gasteiger partial charge in [0.25, 0.3) is 5.91 Å². The maximum atomic E-state index is 13.6. The van der Waals surface area contributed by atoms with Gasteiger partial charge in [-0.05, 0) is 124 Å². The Morgan fingerprint density at radius 2 is 1.85 bits per heavy atom. The van der Waals surface area contributed by atoms with E-state index in [2.05, 4.69) is 44.1 Å². The number of aryl methyl sites for hydroxylation is 1. The number of sulfonamides is 1. The van der Waals surface area contributed by atoms with Crippen molar-refractivity contribution >= 4 is 43.1 Å². The summed E-state index contributed by atoms with van der Waals surface area (Å²) in [5.41, 5.74) is 3.37. The number of anilines is 1. The molecule has 1 spiro atoms. The van der Waals surface area contributed by atoms with Crippen LogP contribution in [0.4, 0.5) is 5.69 Å². The molecule has 2 fully saturated rings. The van der Waals surface area contributed by atoms with E-state index < -0.39 is 31.0 Å². The van der Waals surface area contributed by atoms with Gasteiger partial charge in [0.2, 0.25) is 10.0 Å². The van der Waals surface area contributed by atoms with Crippen LogP contribution in [0.1, 0.15) is 73.9 Å². The number of sulfone groups is 1. The number of nitrogens with one attached hydrogen (secondary N) is 2. The molecule has 1 saturated carbocycles. The van der Waals surface area contributed by atoms with Crippen LogP contribution in [0.2, 0.25) is 5.02 Å². The summed E-state index contributed by atoms with van der Waals surface area (Å²) >= 11 is 6.48. The zero-order valence-electron chi connectivity index (χ0n) is 31.1. The molecule has 5 aliphatic rings. The normalized spacial score (nSPS) is 32.8. The molecule has 6 atom stereocenters. The van der Waals surface area contributed by atoms with E-state index in [0.29, 0.717) is 55.7 Å². The highest BCUT2D eigenvalue weighted by molar-refractivity contribution is 7.91. The smallest absolute Gasteiger partial charge is 0.264 e. The van der Waals surface area contributed by atoms with Crippen molar-refractivity contribution in [2.24, 2.45) is 23.7 Å². The van der Waals surface area contributed by atoms with E-state index in [-0.39, 0.29) is 28.8 Å². The third kappa shape index (κ3) is 8.62. The Morgan fingerprint density at radius 1 is 1.00 bits per heavy atom. The third-order valence-corrected chi connectivity index (χ3v) is 16.7. The van der Waals surface area contributed by atoms with Crippen LogP contribution in [0.15, 0.2) is 48.6 Å². The fraction of sp³-hybridized carbons (Fsp3) is 0.625. The molecule has 0 radical (unpaired) electrons. The van der Waals surface area contributed by atoms with Crippen molar-refractivity contribution in [1.82, 2.24) is 14.9 Å². The molecule has 290 valence electrons. The molecule has 1 saturated heterocycles. The van der Waals surface area contributed by atoms with Gasteiger partial charge in [0, 0.05) is 55.3 Å². The number of fused-ring (bicyclic) bond motifs is 4. The minimum absolute atomic E-state index is 0.185. The minimum Gasteiger partial charge on any atom is -0.490 e. The zero-order valence-corrected chi connectivity index (χ0v) is 33.5. The summed E-state index contributed by atoms with van der Waals surface area (Å²) in [4.78, 5) is 18.4. The van der Waals surface area contributed by atoms with Crippen LogP contribution >= 0.6 is 11.6 Å². The lowest BCUT2D eigenvalue weighted by Crippen LogP contribution is -2.50. The van der Waals surface area contributed by atoms with E-state index in [4.69, 9.17) is 16.3 Å². The van der Waals surface area contributed by atoms with E-state index in [1.54, 1.807) is 13.0 Å². The van der Waals surface area contributed by atoms with Crippen molar-refractivity contribution in [2.75, 3.05) is 68.8 Å². The van der Waals surface area contributed by atoms with Crippen molar-refractivity contribution in [3.05, 3.63) is 70.3 Å². The number of carbonyl (C=O) groups excluding carboxylic acids is 1. The number of hydrogen-bond donors (Lipinski definition) is 2. The fourth-order valence-electron chi connectivity index (χ4n) is 9.30. The first-order valence-corrected chi connectivity index (χ1v) is 23.2. The van der Waals surface area contributed by atoms with E-state index in [0.717, 1.165) is 75.5 Å². The molecule has 10 nitrogen and oxygen atoms in total. The van der Waals surface area contributed by atoms with Gasteiger partial charge in [-0.3, -0.25) is 4.79 Å². The van der Waals surface area contributed by atoms with Gasteiger partial charge in [0.1, 0.15) is 5.75 Å². The molecule has 0 unspecified atom stereocenters. The number of nitrogens with zero attached hydrogens (tertiary/aromatic N) is 2. The first kappa shape index (κ1) is 38.6. The summed E-state index contributed by atoms with van der Waals surface area (Å²) < 4.78 is 61.2. The SMILES string of the molecule is C[C@@H]1[C@@H](C)C/C=C/[C@H](CN2CCCS(=O)(=O)CCNCC2)[C@@H]2CC[C@H]2CN2C[C@@]3(CCCc4cc(Cl)ccc43)COc3ccc(cc32)C(=O)NS1(=O)=O. The molecule has 2 aliphatic carbocycles. The Labute approximate surface area is 321 Å². The monoisotopic (exact) mass is 786 g/mol. The number of allylic oxidation sites excluding steroid dienone is 1. The quantitative estimate of drug-likeness (QED) is 0.395. The lowest BCUT2D eigenvalue weighted by molar-refractivity contribution is 0.0980. The topological polar surface area (TPSA) is 125 Å². The van der Waals surface area contributed by atoms with Crippen LogP contribution in [-0.4, -0.2) is 96.8 Å². The van der Waals surface area contributed by atoms with Crippen molar-refractivity contribution in [1.29, 1.82) is 0 Å². The molecular formula is C40H55ClN4O6S2. The van der Waals surface area contributed by atoms with Gasteiger partial charge in [-0.25, -0.2) is 21.6 Å². The van der Waals surface area contributed by atoms with Crippen LogP contribution in [0.25, 0.3) is 0 Å². The molecule has 0 aromatic heterocycles. The fourth-order valence-corrected chi connectivity index (χ4v) is 12.0. The lowest BCUT2D eigenvalue weighted by atomic mass is 9.65. The second-order valence-corrected chi connectivity index (χ2v) is 21.1. The largest absolute Gasteiger partial charge is 0.490 e. The molecule has 2 N–H and O–H groups in total. The number of benzene rings is 2. The van der Waals surface area contributed by atoms with E-state index in [9.17, 15) is 21.6 Å². The number of ether oxygens (including phenoxy) is 1. The van der Waals surface area contributed by atoms with Crippen molar-refractivity contribution in [3.8, 4) is 5.75 Å². The summed E-state index contributed by atoms with van der Waals surface area (Å²) in [5.74, 6) is 1.25. The van der Waals surface area contributed by atoms with Gasteiger partial charge in [-0.2, -0.15) is 0 Å². The lowest BCUT2D eigenvalue weighted by Gasteiger charge is -2.47. The number of hydrogen-bond acceptors (Lipinski definition) is 9. The first-order chi connectivity index (χ1) is 25.3. The Kier molecular flexibility index (Phi) is 11.5. The Morgan fingerprint density at radius 3 is 2.66 bits per heavy atom. The van der Waals surface area contributed by atoms with Crippen LogP contribution in [0, 0.1) is 23.7 Å². The van der Waals surface area contributed by atoms with E-state index >= 15 is 0 Å². The second kappa shape index (κ2) is 15.8. The molecule has 1 amide bonds. The highest BCUT2D eigenvalue weighted by Crippen LogP contribution is 2.47. The molecule has 13 heteroatoms. The van der Waals surface area contributed by atoms with Gasteiger partial charge in [-0.15, -0.1) is 0 Å². The van der Waals surface area contributed by atoms with Crippen LogP contribution < -0.4 is 19.7 Å². The molecule has 3 aliphatic heterocycles. The second-order valence-electron chi connectivity index (χ2n) is 16.3. The molecular weight excluding hydrogens is 732 g/mol. The molecule has 2 aromatic rings. The number of rotatable bonds is 2. The first-order valence-electron chi connectivity index (χ1n) is 19.5. The van der Waals surface area contributed by atoms with Crippen LogP contribution in [-0.2, 0) is 31.7 Å². The van der Waals surface area contributed by atoms with E-state index in [1.165, 1.54) is 11.1 Å². The standard InChI is InChI=1S/C40H55ClN4O6S2/c1-28-6-3-7-32(24-44-18-5-20-52(47,48)21-17-42-16-19-44)35-12-9-33(35)25-45-26-40(15-4-8-30-22-34(41)11-13-36(30)40)27-51-38-14-10-31(23-37(38)45)39(46)43-53(49,50)29(28)2/h3,7,10-11,13-14,22-23,28-29,32-33,35,42H,4-6,8-9,12,15-21,24-27H2,1-2H3,(H,43,46)/b7-3+/t28-,29+,32+,33-,35-,40-/m0/s1. The highest BCUT2D eigenvalue weighted by atomic mass is 35.5. The van der Waals surface area contributed by atoms with Crippen molar-refractivity contribution < 1.29 is 26.4 Å². The average molecular weight is 787 g/mol. The van der Waals surface area contributed by atoms with E-state index in [1.807, 2.05) is 25.1 Å². The Bertz CT molecular complexity index is 1920. The van der Waals surface area contributed by atoms with Gasteiger partial charge >= 0.3 is 0 Å². The highest BCUT2D eigenvalue weighted by Gasteiger charge is 2.44. The average Bonchev–Trinajstić information content (AvgIpc) is 3.25. The van der Waals surface area contributed by atoms with Crippen LogP contribution in [0.3, 0.4) is 0 Å². The number of halogens is 1. The van der Waals surface area contributed by atoms with Gasteiger partial charge in [0.15, 0.2) is 9.84 Å². The number of carbonyl (C=O) groups is 1. The number of amides is 1. The van der Waals surface area contributed by atoms with Crippen molar-refractivity contribution in [3.63, 3.8) is 0 Å². The maximum Gasteiger partial charge on any atom is 0.264 e. The zero-order chi connectivity index (χ0) is 37.4. The Hall–Kier alpha value is -2.64. The van der Waals surface area contributed by atoms with Gasteiger partial charge < -0.3 is 19.9 Å². The molecule has 2 aromatic carbocycles. The molecule has 7 rings (SSSR count). The Balaban J connectivity index is 1.25. The molecule has 2 bridgehead atoms. The van der Waals surface area contributed by atoms with Crippen molar-refractivity contribution in [2.45, 2.75) is 69.5 Å². The van der Waals surface area contributed by atoms with Crippen LogP contribution in [0.5, 0.6) is 5.75 Å².